The van der Waals surface area contributed by atoms with Crippen molar-refractivity contribution in [3.63, 3.8) is 0 Å². The summed E-state index contributed by atoms with van der Waals surface area (Å²) < 4.78 is 20.4. The number of aromatic nitrogens is 1. The molecule has 0 aliphatic rings. The number of H-pyrrole nitrogens is 1. The largest absolute Gasteiger partial charge is 0.497 e. The smallest absolute Gasteiger partial charge is 0.340 e. The molecule has 0 saturated heterocycles. The first-order valence-electron chi connectivity index (χ1n) is 9.28. The minimum atomic E-state index is -0.687. The lowest BCUT2D eigenvalue weighted by atomic mass is 10.1. The van der Waals surface area contributed by atoms with E-state index in [1.807, 2.05) is 0 Å². The van der Waals surface area contributed by atoms with E-state index in [9.17, 15) is 14.4 Å². The molecule has 0 aliphatic heterocycles. The summed E-state index contributed by atoms with van der Waals surface area (Å²) in [4.78, 5) is 39.4. The summed E-state index contributed by atoms with van der Waals surface area (Å²) in [6, 6.07) is 5.15. The van der Waals surface area contributed by atoms with E-state index in [-0.39, 0.29) is 12.3 Å². The minimum absolute atomic E-state index is 0.212. The standard InChI is InChI=1S/C22H25NO7/c1-6-29-22(26)20-13(2)21(23-14(20)3)17(24)12-30-19(25)10-8-15-7-9-16(27-4)11-18(15)28-5/h7-11,23H,6,12H2,1-5H3/b10-8+. The van der Waals surface area contributed by atoms with Gasteiger partial charge in [0.05, 0.1) is 32.1 Å². The molecule has 1 aromatic heterocycles. The summed E-state index contributed by atoms with van der Waals surface area (Å²) in [5.74, 6) is -0.492. The number of carbonyl (C=O) groups is 3. The van der Waals surface area contributed by atoms with Crippen LogP contribution in [0.15, 0.2) is 24.3 Å². The Labute approximate surface area is 174 Å². The zero-order chi connectivity index (χ0) is 22.3. The van der Waals surface area contributed by atoms with Crippen LogP contribution in [0.2, 0.25) is 0 Å². The van der Waals surface area contributed by atoms with Gasteiger partial charge in [-0.15, -0.1) is 0 Å². The number of esters is 2. The number of aryl methyl sites for hydroxylation is 1. The first-order valence-corrected chi connectivity index (χ1v) is 9.28. The van der Waals surface area contributed by atoms with Crippen molar-refractivity contribution in [1.29, 1.82) is 0 Å². The summed E-state index contributed by atoms with van der Waals surface area (Å²) in [6.45, 7) is 4.78. The molecular weight excluding hydrogens is 390 g/mol. The van der Waals surface area contributed by atoms with E-state index in [0.29, 0.717) is 33.9 Å². The Bertz CT molecular complexity index is 972. The number of rotatable bonds is 9. The van der Waals surface area contributed by atoms with Gasteiger partial charge in [-0.3, -0.25) is 4.79 Å². The molecule has 0 bridgehead atoms. The molecule has 0 aliphatic carbocycles. The molecule has 0 amide bonds. The second-order valence-electron chi connectivity index (χ2n) is 6.32. The Balaban J connectivity index is 2.03. The van der Waals surface area contributed by atoms with Crippen molar-refractivity contribution in [2.45, 2.75) is 20.8 Å². The Hall–Kier alpha value is -3.55. The molecule has 8 nitrogen and oxygen atoms in total. The number of carbonyl (C=O) groups excluding carboxylic acids is 3. The maximum atomic E-state index is 12.4. The molecule has 0 atom stereocenters. The lowest BCUT2D eigenvalue weighted by molar-refractivity contribution is -0.136. The van der Waals surface area contributed by atoms with Gasteiger partial charge in [0.1, 0.15) is 11.5 Å². The van der Waals surface area contributed by atoms with Gasteiger partial charge in [0.15, 0.2) is 6.61 Å². The number of methoxy groups -OCH3 is 2. The van der Waals surface area contributed by atoms with E-state index < -0.39 is 24.3 Å². The van der Waals surface area contributed by atoms with E-state index in [1.54, 1.807) is 46.1 Å². The van der Waals surface area contributed by atoms with Crippen LogP contribution in [0.4, 0.5) is 0 Å². The van der Waals surface area contributed by atoms with Gasteiger partial charge < -0.3 is 23.9 Å². The quantitative estimate of drug-likeness (QED) is 0.381. The molecule has 30 heavy (non-hydrogen) atoms. The molecular formula is C22H25NO7. The molecule has 0 radical (unpaired) electrons. The highest BCUT2D eigenvalue weighted by Crippen LogP contribution is 2.25. The lowest BCUT2D eigenvalue weighted by Gasteiger charge is -2.07. The van der Waals surface area contributed by atoms with E-state index in [0.717, 1.165) is 0 Å². The van der Waals surface area contributed by atoms with Crippen molar-refractivity contribution in [3.05, 3.63) is 52.4 Å². The molecule has 0 fully saturated rings. The SMILES string of the molecule is CCOC(=O)c1c(C)[nH]c(C(=O)COC(=O)/C=C/c2ccc(OC)cc2OC)c1C. The zero-order valence-electron chi connectivity index (χ0n) is 17.7. The number of aromatic amines is 1. The number of nitrogens with one attached hydrogen (secondary N) is 1. The third kappa shape index (κ3) is 5.28. The first-order chi connectivity index (χ1) is 14.3. The monoisotopic (exact) mass is 415 g/mol. The van der Waals surface area contributed by atoms with Gasteiger partial charge in [-0.2, -0.15) is 0 Å². The predicted molar refractivity (Wildman–Crippen MR) is 110 cm³/mol. The molecule has 0 spiro atoms. The van der Waals surface area contributed by atoms with Crippen LogP contribution < -0.4 is 9.47 Å². The van der Waals surface area contributed by atoms with Gasteiger partial charge in [0.25, 0.3) is 0 Å². The molecule has 0 unspecified atom stereocenters. The Morgan fingerprint density at radius 1 is 1.07 bits per heavy atom. The van der Waals surface area contributed by atoms with Crippen molar-refractivity contribution in [2.75, 3.05) is 27.4 Å². The summed E-state index contributed by atoms with van der Waals surface area (Å²) in [5, 5.41) is 0. The van der Waals surface area contributed by atoms with Crippen LogP contribution in [0, 0.1) is 13.8 Å². The van der Waals surface area contributed by atoms with E-state index in [4.69, 9.17) is 18.9 Å². The predicted octanol–water partition coefficient (Wildman–Crippen LogP) is 3.26. The summed E-state index contributed by atoms with van der Waals surface area (Å²) in [7, 11) is 3.05. The topological polar surface area (TPSA) is 104 Å². The van der Waals surface area contributed by atoms with Crippen LogP contribution in [0.3, 0.4) is 0 Å². The molecule has 1 heterocycles. The number of Topliss-reactive ketones (excluding diaryl/α,β-unsaturated/α-hetero) is 1. The number of hydrogen-bond acceptors (Lipinski definition) is 7. The summed E-state index contributed by atoms with van der Waals surface area (Å²) in [5.41, 5.74) is 2.16. The van der Waals surface area contributed by atoms with Gasteiger partial charge in [-0.05, 0) is 44.5 Å². The highest BCUT2D eigenvalue weighted by molar-refractivity contribution is 6.03. The Morgan fingerprint density at radius 3 is 2.43 bits per heavy atom. The average molecular weight is 415 g/mol. The fourth-order valence-electron chi connectivity index (χ4n) is 2.91. The second-order valence-corrected chi connectivity index (χ2v) is 6.32. The van der Waals surface area contributed by atoms with Gasteiger partial charge in [-0.25, -0.2) is 9.59 Å². The average Bonchev–Trinajstić information content (AvgIpc) is 3.04. The molecule has 0 saturated carbocycles. The van der Waals surface area contributed by atoms with E-state index in [1.165, 1.54) is 19.3 Å². The summed E-state index contributed by atoms with van der Waals surface area (Å²) in [6.07, 6.45) is 2.72. The number of benzene rings is 1. The van der Waals surface area contributed by atoms with Gasteiger partial charge >= 0.3 is 11.9 Å². The van der Waals surface area contributed by atoms with Crippen molar-refractivity contribution in [3.8, 4) is 11.5 Å². The fourth-order valence-corrected chi connectivity index (χ4v) is 2.91. The van der Waals surface area contributed by atoms with E-state index >= 15 is 0 Å². The molecule has 160 valence electrons. The van der Waals surface area contributed by atoms with Crippen molar-refractivity contribution >= 4 is 23.8 Å². The molecule has 1 N–H and O–H groups in total. The van der Waals surface area contributed by atoms with E-state index in [2.05, 4.69) is 4.98 Å². The van der Waals surface area contributed by atoms with Crippen LogP contribution >= 0.6 is 0 Å². The van der Waals surface area contributed by atoms with Gasteiger partial charge in [0, 0.05) is 23.4 Å². The lowest BCUT2D eigenvalue weighted by Crippen LogP contribution is -2.14. The van der Waals surface area contributed by atoms with Crippen LogP contribution in [0.5, 0.6) is 11.5 Å². The number of ether oxygens (including phenoxy) is 4. The third-order valence-corrected chi connectivity index (χ3v) is 4.38. The van der Waals surface area contributed by atoms with Crippen LogP contribution in [0.1, 0.15) is 44.6 Å². The molecule has 8 heteroatoms. The molecule has 2 aromatic rings. The minimum Gasteiger partial charge on any atom is -0.497 e. The second kappa shape index (κ2) is 10.3. The third-order valence-electron chi connectivity index (χ3n) is 4.38. The van der Waals surface area contributed by atoms with Crippen LogP contribution in [-0.4, -0.2) is 50.1 Å². The highest BCUT2D eigenvalue weighted by atomic mass is 16.5. The fraction of sp³-hybridized carbons (Fsp3) is 0.318. The van der Waals surface area contributed by atoms with Gasteiger partial charge in [-0.1, -0.05) is 0 Å². The normalized spacial score (nSPS) is 10.7. The van der Waals surface area contributed by atoms with Crippen molar-refractivity contribution in [2.24, 2.45) is 0 Å². The number of ketones is 1. The van der Waals surface area contributed by atoms with Crippen molar-refractivity contribution in [1.82, 2.24) is 4.98 Å². The van der Waals surface area contributed by atoms with Crippen LogP contribution in [-0.2, 0) is 14.3 Å². The Kier molecular flexibility index (Phi) is 7.80. The van der Waals surface area contributed by atoms with Gasteiger partial charge in [0.2, 0.25) is 5.78 Å². The maximum absolute atomic E-state index is 12.4. The Morgan fingerprint density at radius 2 is 1.80 bits per heavy atom. The maximum Gasteiger partial charge on any atom is 0.340 e. The van der Waals surface area contributed by atoms with Crippen molar-refractivity contribution < 1.29 is 33.3 Å². The number of hydrogen-bond donors (Lipinski definition) is 1. The zero-order valence-corrected chi connectivity index (χ0v) is 17.7. The highest BCUT2D eigenvalue weighted by Gasteiger charge is 2.23. The first kappa shape index (κ1) is 22.7. The summed E-state index contributed by atoms with van der Waals surface area (Å²) >= 11 is 0. The van der Waals surface area contributed by atoms with Crippen LogP contribution in [0.25, 0.3) is 6.08 Å². The molecule has 1 aromatic carbocycles. The molecule has 2 rings (SSSR count).